The number of rotatable bonds is 5. The van der Waals surface area contributed by atoms with Crippen molar-refractivity contribution in [3.63, 3.8) is 0 Å². The largest absolute Gasteiger partial charge is 0.488 e. The third-order valence-electron chi connectivity index (χ3n) is 4.98. The molecule has 0 saturated carbocycles. The van der Waals surface area contributed by atoms with Crippen molar-refractivity contribution < 1.29 is 19.1 Å². The molecule has 1 aliphatic heterocycles. The third-order valence-corrected chi connectivity index (χ3v) is 5.92. The SMILES string of the molecule is Cc1ccc(COc2ccc(/C=C3\C(=O)NC(=O)N(c4ccccc4Cl)C3=O)cc2Br)cc1. The monoisotopic (exact) mass is 524 g/mol. The van der Waals surface area contributed by atoms with Crippen molar-refractivity contribution in [2.45, 2.75) is 13.5 Å². The number of ether oxygens (including phenoxy) is 1. The molecule has 1 heterocycles. The Labute approximate surface area is 203 Å². The fourth-order valence-corrected chi connectivity index (χ4v) is 3.98. The molecule has 1 aliphatic rings. The molecule has 1 N–H and O–H groups in total. The summed E-state index contributed by atoms with van der Waals surface area (Å²) in [5, 5.41) is 2.40. The van der Waals surface area contributed by atoms with Gasteiger partial charge in [0.05, 0.1) is 15.2 Å². The molecule has 1 fully saturated rings. The molecule has 4 rings (SSSR count). The quantitative estimate of drug-likeness (QED) is 0.345. The number of amides is 4. The van der Waals surface area contributed by atoms with Crippen LogP contribution >= 0.6 is 27.5 Å². The average Bonchev–Trinajstić information content (AvgIpc) is 2.78. The first-order chi connectivity index (χ1) is 15.8. The number of halogens is 2. The summed E-state index contributed by atoms with van der Waals surface area (Å²) in [5.74, 6) is -0.915. The molecule has 0 radical (unpaired) electrons. The van der Waals surface area contributed by atoms with Crippen LogP contribution in [0.2, 0.25) is 5.02 Å². The number of barbiturate groups is 1. The van der Waals surface area contributed by atoms with Crippen molar-refractivity contribution in [2.24, 2.45) is 0 Å². The molecule has 8 heteroatoms. The molecule has 0 aliphatic carbocycles. The molecule has 1 saturated heterocycles. The van der Waals surface area contributed by atoms with Crippen molar-refractivity contribution in [3.05, 3.63) is 98.5 Å². The number of imide groups is 2. The second-order valence-electron chi connectivity index (χ2n) is 7.37. The number of nitrogens with one attached hydrogen (secondary N) is 1. The first kappa shape index (κ1) is 22.8. The molecule has 0 atom stereocenters. The maximum Gasteiger partial charge on any atom is 0.335 e. The average molecular weight is 526 g/mol. The van der Waals surface area contributed by atoms with Crippen LogP contribution in [0.5, 0.6) is 5.75 Å². The first-order valence-electron chi connectivity index (χ1n) is 9.97. The van der Waals surface area contributed by atoms with E-state index in [0.29, 0.717) is 22.4 Å². The van der Waals surface area contributed by atoms with E-state index < -0.39 is 17.8 Å². The van der Waals surface area contributed by atoms with E-state index in [1.165, 1.54) is 17.7 Å². The zero-order chi connectivity index (χ0) is 23.5. The summed E-state index contributed by atoms with van der Waals surface area (Å²) in [6, 6.07) is 18.8. The maximum absolute atomic E-state index is 13.0. The highest BCUT2D eigenvalue weighted by molar-refractivity contribution is 9.10. The number of aryl methyl sites for hydroxylation is 1. The smallest absolute Gasteiger partial charge is 0.335 e. The summed E-state index contributed by atoms with van der Waals surface area (Å²) in [4.78, 5) is 38.6. The van der Waals surface area contributed by atoms with Crippen LogP contribution in [0.1, 0.15) is 16.7 Å². The number of hydrogen-bond donors (Lipinski definition) is 1. The number of nitrogens with zero attached hydrogens (tertiary/aromatic N) is 1. The van der Waals surface area contributed by atoms with Crippen LogP contribution < -0.4 is 15.0 Å². The fraction of sp³-hybridized carbons (Fsp3) is 0.0800. The van der Waals surface area contributed by atoms with Gasteiger partial charge in [-0.15, -0.1) is 0 Å². The van der Waals surface area contributed by atoms with Crippen molar-refractivity contribution in [1.82, 2.24) is 5.32 Å². The maximum atomic E-state index is 13.0. The normalized spacial score (nSPS) is 15.1. The third kappa shape index (κ3) is 4.99. The van der Waals surface area contributed by atoms with Crippen molar-refractivity contribution in [3.8, 4) is 5.75 Å². The van der Waals surface area contributed by atoms with E-state index in [4.69, 9.17) is 16.3 Å². The number of carbonyl (C=O) groups is 3. The lowest BCUT2D eigenvalue weighted by Crippen LogP contribution is -2.54. The van der Waals surface area contributed by atoms with Gasteiger partial charge in [0.25, 0.3) is 11.8 Å². The molecule has 3 aromatic rings. The van der Waals surface area contributed by atoms with Crippen molar-refractivity contribution in [2.75, 3.05) is 4.90 Å². The van der Waals surface area contributed by atoms with Crippen LogP contribution in [0.3, 0.4) is 0 Å². The van der Waals surface area contributed by atoms with Gasteiger partial charge in [-0.3, -0.25) is 14.9 Å². The summed E-state index contributed by atoms with van der Waals surface area (Å²) in [5.41, 5.74) is 2.80. The van der Waals surface area contributed by atoms with Crippen molar-refractivity contribution >= 4 is 57.1 Å². The Hall–Kier alpha value is -3.42. The standard InChI is InChI=1S/C25H18BrClN2O4/c1-15-6-8-16(9-7-15)14-33-22-11-10-17(13-19(22)26)12-18-23(30)28-25(32)29(24(18)31)21-5-3-2-4-20(21)27/h2-13H,14H2,1H3,(H,28,30,32)/b18-12+. The Bertz CT molecular complexity index is 1290. The summed E-state index contributed by atoms with van der Waals surface area (Å²) < 4.78 is 6.53. The number of benzene rings is 3. The number of para-hydroxylation sites is 1. The Balaban J connectivity index is 1.57. The van der Waals surface area contributed by atoms with Gasteiger partial charge >= 0.3 is 6.03 Å². The van der Waals surface area contributed by atoms with Gasteiger partial charge in [-0.05, 0) is 64.3 Å². The summed E-state index contributed by atoms with van der Waals surface area (Å²) >= 11 is 9.63. The highest BCUT2D eigenvalue weighted by Gasteiger charge is 2.37. The topological polar surface area (TPSA) is 75.7 Å². The molecule has 0 bridgehead atoms. The van der Waals surface area contributed by atoms with Crippen LogP contribution in [0.4, 0.5) is 10.5 Å². The Kier molecular flexibility index (Phi) is 6.62. The molecule has 33 heavy (non-hydrogen) atoms. The molecular weight excluding hydrogens is 508 g/mol. The molecule has 4 amide bonds. The second-order valence-corrected chi connectivity index (χ2v) is 8.63. The van der Waals surface area contributed by atoms with E-state index in [-0.39, 0.29) is 16.3 Å². The molecule has 166 valence electrons. The van der Waals surface area contributed by atoms with Gasteiger partial charge in [-0.1, -0.05) is 59.6 Å². The molecule has 3 aromatic carbocycles. The Morgan fingerprint density at radius 2 is 1.76 bits per heavy atom. The minimum atomic E-state index is -0.851. The molecule has 0 aromatic heterocycles. The molecule has 6 nitrogen and oxygen atoms in total. The van der Waals surface area contributed by atoms with E-state index in [1.807, 2.05) is 31.2 Å². The highest BCUT2D eigenvalue weighted by atomic mass is 79.9. The summed E-state index contributed by atoms with van der Waals surface area (Å²) in [6.45, 7) is 2.42. The zero-order valence-electron chi connectivity index (χ0n) is 17.5. The second kappa shape index (κ2) is 9.60. The van der Waals surface area contributed by atoms with E-state index in [0.717, 1.165) is 10.5 Å². The minimum Gasteiger partial charge on any atom is -0.488 e. The van der Waals surface area contributed by atoms with Crippen LogP contribution in [0.25, 0.3) is 6.08 Å². The van der Waals surface area contributed by atoms with Crippen LogP contribution in [-0.4, -0.2) is 17.8 Å². The fourth-order valence-electron chi connectivity index (χ4n) is 3.25. The van der Waals surface area contributed by atoms with E-state index in [9.17, 15) is 14.4 Å². The molecule has 0 unspecified atom stereocenters. The van der Waals surface area contributed by atoms with Crippen LogP contribution in [0.15, 0.2) is 76.8 Å². The highest BCUT2D eigenvalue weighted by Crippen LogP contribution is 2.30. The lowest BCUT2D eigenvalue weighted by Gasteiger charge is -2.27. The number of hydrogen-bond acceptors (Lipinski definition) is 4. The van der Waals surface area contributed by atoms with Crippen LogP contribution in [-0.2, 0) is 16.2 Å². The minimum absolute atomic E-state index is 0.185. The van der Waals surface area contributed by atoms with Gasteiger partial charge in [-0.2, -0.15) is 0 Å². The lowest BCUT2D eigenvalue weighted by molar-refractivity contribution is -0.122. The Morgan fingerprint density at radius 1 is 1.03 bits per heavy atom. The predicted octanol–water partition coefficient (Wildman–Crippen LogP) is 5.66. The molecule has 0 spiro atoms. The van der Waals surface area contributed by atoms with Gasteiger partial charge in [0, 0.05) is 0 Å². The zero-order valence-corrected chi connectivity index (χ0v) is 19.8. The summed E-state index contributed by atoms with van der Waals surface area (Å²) in [6.07, 6.45) is 1.42. The first-order valence-corrected chi connectivity index (χ1v) is 11.1. The van der Waals surface area contributed by atoms with Gasteiger partial charge in [0.15, 0.2) is 0 Å². The molecular formula is C25H18BrClN2O4. The van der Waals surface area contributed by atoms with Gasteiger partial charge in [-0.25, -0.2) is 9.69 Å². The van der Waals surface area contributed by atoms with E-state index in [1.54, 1.807) is 36.4 Å². The van der Waals surface area contributed by atoms with Gasteiger partial charge in [0.1, 0.15) is 17.9 Å². The van der Waals surface area contributed by atoms with Gasteiger partial charge < -0.3 is 4.74 Å². The number of anilines is 1. The van der Waals surface area contributed by atoms with Gasteiger partial charge in [0.2, 0.25) is 0 Å². The number of urea groups is 1. The predicted molar refractivity (Wildman–Crippen MR) is 130 cm³/mol. The lowest BCUT2D eigenvalue weighted by atomic mass is 10.1. The Morgan fingerprint density at radius 3 is 2.45 bits per heavy atom. The van der Waals surface area contributed by atoms with Crippen molar-refractivity contribution in [1.29, 1.82) is 0 Å². The number of carbonyl (C=O) groups excluding carboxylic acids is 3. The van der Waals surface area contributed by atoms with Crippen LogP contribution in [0, 0.1) is 6.92 Å². The van der Waals surface area contributed by atoms with E-state index in [2.05, 4.69) is 21.2 Å². The van der Waals surface area contributed by atoms with E-state index >= 15 is 0 Å². The summed E-state index contributed by atoms with van der Waals surface area (Å²) in [7, 11) is 0.